The molecule has 7 saturated carbocycles. The Labute approximate surface area is 414 Å². The van der Waals surface area contributed by atoms with Crippen molar-refractivity contribution in [3.63, 3.8) is 0 Å². The van der Waals surface area contributed by atoms with Crippen LogP contribution in [0.25, 0.3) is 64.4 Å². The number of nitrogens with zero attached hydrogens (tertiary/aromatic N) is 2. The second kappa shape index (κ2) is 12.8. The number of thiophene rings is 1. The molecule has 0 radical (unpaired) electrons. The lowest BCUT2D eigenvalue weighted by Crippen LogP contribution is -2.54. The van der Waals surface area contributed by atoms with Crippen molar-refractivity contribution in [1.82, 2.24) is 0 Å². The highest BCUT2D eigenvalue weighted by molar-refractivity contribution is 7.26. The van der Waals surface area contributed by atoms with E-state index in [0.717, 1.165) is 77.5 Å². The maximum absolute atomic E-state index is 7.18. The lowest BCUT2D eigenvalue weighted by atomic mass is 9.45. The maximum atomic E-state index is 7.18. The summed E-state index contributed by atoms with van der Waals surface area (Å²) in [6, 6.07) is 52.6. The van der Waals surface area contributed by atoms with E-state index in [4.69, 9.17) is 4.42 Å². The minimum absolute atomic E-state index is 0.124. The van der Waals surface area contributed by atoms with E-state index < -0.39 is 0 Å². The summed E-state index contributed by atoms with van der Waals surface area (Å²) in [6.07, 6.45) is 9.87. The van der Waals surface area contributed by atoms with Crippen molar-refractivity contribution < 1.29 is 4.42 Å². The molecular formula is C66H58N2OS. The van der Waals surface area contributed by atoms with Crippen molar-refractivity contribution in [2.45, 2.75) is 76.5 Å². The van der Waals surface area contributed by atoms with Crippen LogP contribution in [-0.2, 0) is 10.8 Å². The number of furan rings is 1. The van der Waals surface area contributed by atoms with E-state index in [1.54, 1.807) is 22.3 Å². The molecule has 7 fully saturated rings. The number of hydrogen-bond acceptors (Lipinski definition) is 4. The number of anilines is 4. The summed E-state index contributed by atoms with van der Waals surface area (Å²) in [5.74, 6) is 7.83. The average Bonchev–Trinajstić information content (AvgIpc) is 3.68. The number of benzene rings is 7. The summed E-state index contributed by atoms with van der Waals surface area (Å²) in [5, 5.41) is 5.10. The van der Waals surface area contributed by atoms with Gasteiger partial charge in [0.15, 0.2) is 5.58 Å². The molecule has 0 N–H and O–H groups in total. The van der Waals surface area contributed by atoms with Gasteiger partial charge in [-0.05, 0) is 193 Å². The van der Waals surface area contributed by atoms with Crippen LogP contribution in [0, 0.1) is 58.7 Å². The van der Waals surface area contributed by atoms with Gasteiger partial charge in [-0.2, -0.15) is 0 Å². The number of rotatable bonds is 6. The Morgan fingerprint density at radius 1 is 0.600 bits per heavy atom. The van der Waals surface area contributed by atoms with Gasteiger partial charge in [0.05, 0.1) is 5.69 Å². The number of para-hydroxylation sites is 1. The fourth-order valence-corrected chi connectivity index (χ4v) is 21.1. The van der Waals surface area contributed by atoms with Gasteiger partial charge in [-0.25, -0.2) is 0 Å². The molecule has 0 aliphatic heterocycles. The maximum Gasteiger partial charge on any atom is 0.159 e. The van der Waals surface area contributed by atoms with Gasteiger partial charge in [0, 0.05) is 83.1 Å². The summed E-state index contributed by atoms with van der Waals surface area (Å²) in [6.45, 7) is 9.04. The standard InChI is InChI=1S/C66H58N2OS/c1-4-67(50-21-12-19-46-58(50)40-14-6-9-17-44(40)65(46)27-26-36-28-37-29-48(65)57(37)35(36)3)39-24-25-54-43(31-39)60-55(70-54)32-52(63-61(60)42-16-8-11-23-53(42)69-63)68(5-2)51-22-13-20-47-59(51)41-15-7-10-18-45(41)66(47)49-30-38-33-64(62(38)49)34-56(64)66/h6-25,31-32,35-38,48-49,56-57,62H,4-5,26-30,33-34H2,1-3H3/t35-,36?,37+,38?,48?,49-,56+,57?,62?,64-,65?,66?/m1/s1. The quantitative estimate of drug-likeness (QED) is 0.166. The topological polar surface area (TPSA) is 19.6 Å². The first-order valence-electron chi connectivity index (χ1n) is 27.3. The van der Waals surface area contributed by atoms with Crippen LogP contribution in [0.2, 0.25) is 0 Å². The van der Waals surface area contributed by atoms with Crippen LogP contribution in [0.1, 0.15) is 88.0 Å². The average molecular weight is 927 g/mol. The van der Waals surface area contributed by atoms with Crippen molar-refractivity contribution >= 4 is 76.2 Å². The SMILES string of the molecule is CCN(c1ccc2sc3cc(N(CC)c4cccc5c4-c4ccccc4C54[C@@H]5CC6C[C@]7(C[C@H]47)C65)c4oc5ccccc5c4c3c2c1)c1cccc2c1-c1ccccc1C21CCC2C[C@H]3CC1C3[C@@H]2C. The van der Waals surface area contributed by atoms with E-state index in [1.165, 1.54) is 121 Å². The number of fused-ring (bicyclic) bond motifs is 21. The van der Waals surface area contributed by atoms with Gasteiger partial charge in [0.1, 0.15) is 5.58 Å². The van der Waals surface area contributed by atoms with Crippen LogP contribution in [-0.4, -0.2) is 13.1 Å². The van der Waals surface area contributed by atoms with Crippen LogP contribution < -0.4 is 9.80 Å². The Bertz CT molecular complexity index is 3830. The van der Waals surface area contributed by atoms with Crippen LogP contribution in [0.5, 0.6) is 0 Å². The smallest absolute Gasteiger partial charge is 0.159 e. The molecule has 4 heteroatoms. The van der Waals surface area contributed by atoms with Crippen molar-refractivity contribution in [3.8, 4) is 22.3 Å². The molecule has 70 heavy (non-hydrogen) atoms. The first kappa shape index (κ1) is 38.9. The molecule has 0 saturated heterocycles. The van der Waals surface area contributed by atoms with Gasteiger partial charge in [-0.3, -0.25) is 0 Å². The highest BCUT2D eigenvalue weighted by atomic mass is 32.1. The monoisotopic (exact) mass is 926 g/mol. The van der Waals surface area contributed by atoms with Gasteiger partial charge >= 0.3 is 0 Å². The molecule has 2 heterocycles. The lowest BCUT2D eigenvalue weighted by Gasteiger charge is -2.59. The molecule has 7 aromatic carbocycles. The van der Waals surface area contributed by atoms with Gasteiger partial charge in [0.25, 0.3) is 0 Å². The second-order valence-corrected chi connectivity index (χ2v) is 25.2. The molecule has 344 valence electrons. The predicted molar refractivity (Wildman–Crippen MR) is 289 cm³/mol. The van der Waals surface area contributed by atoms with Crippen LogP contribution in [0.4, 0.5) is 22.7 Å². The Kier molecular flexibility index (Phi) is 7.10. The van der Waals surface area contributed by atoms with Gasteiger partial charge in [-0.15, -0.1) is 11.3 Å². The minimum Gasteiger partial charge on any atom is -0.454 e. The molecule has 18 rings (SSSR count). The molecule has 3 nitrogen and oxygen atoms in total. The molecule has 7 unspecified atom stereocenters. The molecule has 12 atom stereocenters. The minimum atomic E-state index is 0.124. The van der Waals surface area contributed by atoms with Crippen LogP contribution in [0.3, 0.4) is 0 Å². The zero-order chi connectivity index (χ0) is 45.7. The predicted octanol–water partition coefficient (Wildman–Crippen LogP) is 17.2. The molecule has 9 aliphatic rings. The van der Waals surface area contributed by atoms with Crippen molar-refractivity contribution in [1.29, 1.82) is 0 Å². The summed E-state index contributed by atoms with van der Waals surface area (Å²) in [7, 11) is 0. The van der Waals surface area contributed by atoms with Crippen molar-refractivity contribution in [3.05, 3.63) is 156 Å². The fourth-order valence-electron chi connectivity index (χ4n) is 20.0. The third kappa shape index (κ3) is 4.17. The van der Waals surface area contributed by atoms with E-state index in [9.17, 15) is 0 Å². The molecule has 2 aromatic heterocycles. The summed E-state index contributed by atoms with van der Waals surface area (Å²) >= 11 is 1.95. The molecule has 9 aromatic rings. The van der Waals surface area contributed by atoms with Gasteiger partial charge < -0.3 is 14.2 Å². The highest BCUT2D eigenvalue weighted by Crippen LogP contribution is 2.92. The summed E-state index contributed by atoms with van der Waals surface area (Å²) in [4.78, 5) is 5.25. The molecule has 2 bridgehead atoms. The Hall–Kier alpha value is -5.84. The number of hydrogen-bond donors (Lipinski definition) is 0. The first-order valence-corrected chi connectivity index (χ1v) is 28.1. The molecule has 0 amide bonds. The van der Waals surface area contributed by atoms with E-state index in [2.05, 4.69) is 164 Å². The molecule has 3 spiro atoms. The van der Waals surface area contributed by atoms with Gasteiger partial charge in [0.2, 0.25) is 0 Å². The lowest BCUT2D eigenvalue weighted by molar-refractivity contribution is -0.0882. The van der Waals surface area contributed by atoms with E-state index in [1.807, 2.05) is 11.3 Å². The molecule has 9 aliphatic carbocycles. The third-order valence-corrected chi connectivity index (χ3v) is 23.4. The summed E-state index contributed by atoms with van der Waals surface area (Å²) < 4.78 is 9.84. The fraction of sp³-hybridized carbons (Fsp3) is 0.364. The van der Waals surface area contributed by atoms with E-state index >= 15 is 0 Å². The zero-order valence-corrected chi connectivity index (χ0v) is 41.3. The zero-order valence-electron chi connectivity index (χ0n) is 40.5. The molecular weight excluding hydrogens is 869 g/mol. The van der Waals surface area contributed by atoms with Crippen molar-refractivity contribution in [2.75, 3.05) is 22.9 Å². The van der Waals surface area contributed by atoms with Gasteiger partial charge in [-0.1, -0.05) is 97.9 Å². The largest absolute Gasteiger partial charge is 0.454 e. The Morgan fingerprint density at radius 3 is 2.16 bits per heavy atom. The third-order valence-electron chi connectivity index (χ3n) is 22.3. The summed E-state index contributed by atoms with van der Waals surface area (Å²) in [5.41, 5.74) is 20.4. The van der Waals surface area contributed by atoms with E-state index in [0.29, 0.717) is 5.41 Å². The van der Waals surface area contributed by atoms with E-state index in [-0.39, 0.29) is 10.8 Å². The second-order valence-electron chi connectivity index (χ2n) is 24.1. The highest BCUT2D eigenvalue weighted by Gasteiger charge is 2.87. The first-order chi connectivity index (χ1) is 34.5. The van der Waals surface area contributed by atoms with Crippen LogP contribution in [0.15, 0.2) is 138 Å². The van der Waals surface area contributed by atoms with Crippen LogP contribution >= 0.6 is 11.3 Å². The normalized spacial score (nSPS) is 33.4. The van der Waals surface area contributed by atoms with Crippen molar-refractivity contribution in [2.24, 2.45) is 58.7 Å². The Balaban J connectivity index is 0.812. The Morgan fingerprint density at radius 2 is 1.33 bits per heavy atom.